The molecule has 2 rings (SSSR count). The molecule has 20 heavy (non-hydrogen) atoms. The van der Waals surface area contributed by atoms with E-state index in [0.29, 0.717) is 5.41 Å². The molecule has 1 spiro atoms. The Morgan fingerprint density at radius 1 is 1.00 bits per heavy atom. The van der Waals surface area contributed by atoms with Gasteiger partial charge in [0.25, 0.3) is 0 Å². The third-order valence-corrected chi connectivity index (χ3v) is 6.31. The molecule has 2 saturated carbocycles. The maximum absolute atomic E-state index is 12.6. The topological polar surface area (TPSA) is 26.3 Å². The lowest BCUT2D eigenvalue weighted by Gasteiger charge is -2.52. The molecule has 1 unspecified atom stereocenters. The van der Waals surface area contributed by atoms with Crippen LogP contribution in [0.5, 0.6) is 0 Å². The highest BCUT2D eigenvalue weighted by atomic mass is 16.6. The quantitative estimate of drug-likeness (QED) is 0.657. The molecule has 0 heterocycles. The fourth-order valence-electron chi connectivity index (χ4n) is 4.37. The summed E-state index contributed by atoms with van der Waals surface area (Å²) in [4.78, 5) is 12.6. The van der Waals surface area contributed by atoms with Crippen LogP contribution in [-0.4, -0.2) is 11.6 Å². The standard InChI is InChI=1S/C18H32O2/c1-5-16(3,4)15(19)20-18(6-2)14-10-9-13-17(18)11-7-8-12-17/h5-14H2,1-4H3. The van der Waals surface area contributed by atoms with Crippen LogP contribution in [0.1, 0.15) is 91.9 Å². The first-order valence-electron chi connectivity index (χ1n) is 8.65. The zero-order valence-corrected chi connectivity index (χ0v) is 13.9. The van der Waals surface area contributed by atoms with Crippen molar-refractivity contribution in [2.75, 3.05) is 0 Å². The van der Waals surface area contributed by atoms with Gasteiger partial charge >= 0.3 is 5.97 Å². The van der Waals surface area contributed by atoms with Crippen molar-refractivity contribution in [3.05, 3.63) is 0 Å². The molecule has 0 N–H and O–H groups in total. The van der Waals surface area contributed by atoms with E-state index >= 15 is 0 Å². The minimum absolute atomic E-state index is 0.0232. The summed E-state index contributed by atoms with van der Waals surface area (Å²) in [7, 11) is 0. The van der Waals surface area contributed by atoms with Gasteiger partial charge in [0, 0.05) is 5.41 Å². The maximum Gasteiger partial charge on any atom is 0.312 e. The first-order valence-corrected chi connectivity index (χ1v) is 8.65. The van der Waals surface area contributed by atoms with Crippen molar-refractivity contribution < 1.29 is 9.53 Å². The van der Waals surface area contributed by atoms with Crippen molar-refractivity contribution in [1.29, 1.82) is 0 Å². The van der Waals surface area contributed by atoms with E-state index in [1.807, 2.05) is 13.8 Å². The molecule has 116 valence electrons. The normalized spacial score (nSPS) is 29.6. The Balaban J connectivity index is 2.25. The Morgan fingerprint density at radius 3 is 1.95 bits per heavy atom. The Labute approximate surface area is 124 Å². The molecule has 2 heteroatoms. The van der Waals surface area contributed by atoms with E-state index in [0.717, 1.165) is 19.3 Å². The molecule has 2 aliphatic rings. The highest BCUT2D eigenvalue weighted by Crippen LogP contribution is 2.58. The zero-order valence-electron chi connectivity index (χ0n) is 13.9. The van der Waals surface area contributed by atoms with Crippen molar-refractivity contribution in [2.24, 2.45) is 10.8 Å². The summed E-state index contributed by atoms with van der Waals surface area (Å²) in [6, 6.07) is 0. The van der Waals surface area contributed by atoms with E-state index in [1.165, 1.54) is 44.9 Å². The van der Waals surface area contributed by atoms with E-state index < -0.39 is 0 Å². The number of rotatable bonds is 4. The largest absolute Gasteiger partial charge is 0.458 e. The molecule has 0 aromatic heterocycles. The molecule has 0 aliphatic heterocycles. The van der Waals surface area contributed by atoms with Gasteiger partial charge in [-0.05, 0) is 58.8 Å². The summed E-state index contributed by atoms with van der Waals surface area (Å²) in [6.45, 7) is 8.33. The second-order valence-corrected chi connectivity index (χ2v) is 7.67. The van der Waals surface area contributed by atoms with Gasteiger partial charge in [-0.15, -0.1) is 0 Å². The fraction of sp³-hybridized carbons (Fsp3) is 0.944. The lowest BCUT2D eigenvalue weighted by Crippen LogP contribution is -2.53. The van der Waals surface area contributed by atoms with Gasteiger partial charge in [0.1, 0.15) is 5.60 Å². The lowest BCUT2D eigenvalue weighted by atomic mass is 9.60. The van der Waals surface area contributed by atoms with Crippen molar-refractivity contribution in [3.8, 4) is 0 Å². The van der Waals surface area contributed by atoms with E-state index in [-0.39, 0.29) is 17.0 Å². The average molecular weight is 280 g/mol. The number of hydrogen-bond donors (Lipinski definition) is 0. The Bertz CT molecular complexity index is 352. The summed E-state index contributed by atoms with van der Waals surface area (Å²) in [5, 5.41) is 0. The first kappa shape index (κ1) is 15.9. The molecule has 0 aromatic carbocycles. The van der Waals surface area contributed by atoms with Crippen LogP contribution in [0.3, 0.4) is 0 Å². The second kappa shape index (κ2) is 5.69. The summed E-state index contributed by atoms with van der Waals surface area (Å²) in [6.07, 6.45) is 11.9. The van der Waals surface area contributed by atoms with Crippen LogP contribution in [0, 0.1) is 10.8 Å². The minimum atomic E-state index is -0.348. The van der Waals surface area contributed by atoms with E-state index in [4.69, 9.17) is 4.74 Å². The van der Waals surface area contributed by atoms with Gasteiger partial charge in [0.2, 0.25) is 0 Å². The van der Waals surface area contributed by atoms with Gasteiger partial charge in [-0.25, -0.2) is 0 Å². The van der Waals surface area contributed by atoms with Crippen molar-refractivity contribution in [1.82, 2.24) is 0 Å². The van der Waals surface area contributed by atoms with Crippen molar-refractivity contribution in [2.45, 2.75) is 97.5 Å². The molecule has 1 atom stereocenters. The molecule has 0 radical (unpaired) electrons. The van der Waals surface area contributed by atoms with Gasteiger partial charge in [0.05, 0.1) is 5.41 Å². The van der Waals surface area contributed by atoms with Crippen LogP contribution in [0.4, 0.5) is 0 Å². The Hall–Kier alpha value is -0.530. The SMILES string of the molecule is CCC(C)(C)C(=O)OC1(CC)CCCCC12CCCC2. The molecule has 0 amide bonds. The average Bonchev–Trinajstić information content (AvgIpc) is 2.91. The van der Waals surface area contributed by atoms with Crippen molar-refractivity contribution in [3.63, 3.8) is 0 Å². The Morgan fingerprint density at radius 2 is 1.50 bits per heavy atom. The zero-order chi connectivity index (χ0) is 14.9. The Kier molecular flexibility index (Phi) is 4.51. The molecule has 0 saturated heterocycles. The molecular formula is C18H32O2. The van der Waals surface area contributed by atoms with Gasteiger partial charge in [-0.2, -0.15) is 0 Å². The highest BCUT2D eigenvalue weighted by Gasteiger charge is 2.55. The number of carbonyl (C=O) groups is 1. The van der Waals surface area contributed by atoms with E-state index in [9.17, 15) is 4.79 Å². The number of ether oxygens (including phenoxy) is 1. The predicted molar refractivity (Wildman–Crippen MR) is 82.6 cm³/mol. The highest BCUT2D eigenvalue weighted by molar-refractivity contribution is 5.76. The van der Waals surface area contributed by atoms with Crippen LogP contribution in [0.15, 0.2) is 0 Å². The smallest absolute Gasteiger partial charge is 0.312 e. The van der Waals surface area contributed by atoms with E-state index in [2.05, 4.69) is 13.8 Å². The molecule has 0 bridgehead atoms. The van der Waals surface area contributed by atoms with Gasteiger partial charge in [-0.3, -0.25) is 4.79 Å². The lowest BCUT2D eigenvalue weighted by molar-refractivity contribution is -0.197. The third kappa shape index (κ3) is 2.51. The van der Waals surface area contributed by atoms with Gasteiger partial charge < -0.3 is 4.74 Å². The summed E-state index contributed by atoms with van der Waals surface area (Å²) < 4.78 is 6.28. The molecule has 2 nitrogen and oxygen atoms in total. The van der Waals surface area contributed by atoms with Gasteiger partial charge in [0.15, 0.2) is 0 Å². The maximum atomic E-state index is 12.6. The number of esters is 1. The van der Waals surface area contributed by atoms with Crippen molar-refractivity contribution >= 4 is 5.97 Å². The number of carbonyl (C=O) groups excluding carboxylic acids is 1. The van der Waals surface area contributed by atoms with Crippen LogP contribution in [0.25, 0.3) is 0 Å². The minimum Gasteiger partial charge on any atom is -0.458 e. The van der Waals surface area contributed by atoms with Gasteiger partial charge in [-0.1, -0.05) is 33.1 Å². The second-order valence-electron chi connectivity index (χ2n) is 7.67. The summed E-state index contributed by atoms with van der Waals surface area (Å²) in [5.74, 6) is 0.0232. The summed E-state index contributed by atoms with van der Waals surface area (Å²) >= 11 is 0. The number of hydrogen-bond acceptors (Lipinski definition) is 2. The third-order valence-electron chi connectivity index (χ3n) is 6.31. The first-order chi connectivity index (χ1) is 9.41. The van der Waals surface area contributed by atoms with Crippen LogP contribution < -0.4 is 0 Å². The molecular weight excluding hydrogens is 248 g/mol. The monoisotopic (exact) mass is 280 g/mol. The molecule has 2 aliphatic carbocycles. The predicted octanol–water partition coefficient (Wildman–Crippen LogP) is 5.25. The molecule has 0 aromatic rings. The van der Waals surface area contributed by atoms with E-state index in [1.54, 1.807) is 0 Å². The van der Waals surface area contributed by atoms with Crippen LogP contribution in [-0.2, 0) is 9.53 Å². The fourth-order valence-corrected chi connectivity index (χ4v) is 4.37. The van der Waals surface area contributed by atoms with Crippen LogP contribution in [0.2, 0.25) is 0 Å². The molecule has 2 fully saturated rings. The summed E-state index contributed by atoms with van der Waals surface area (Å²) in [5.41, 5.74) is -0.232. The van der Waals surface area contributed by atoms with Crippen LogP contribution >= 0.6 is 0 Å².